The number of nitrogens with zero attached hydrogens (tertiary/aromatic N) is 1. The molecule has 0 fully saturated rings. The van der Waals surface area contributed by atoms with E-state index in [9.17, 15) is 38.4 Å². The molecule has 4 atom stereocenters. The van der Waals surface area contributed by atoms with E-state index in [1.54, 1.807) is 0 Å². The summed E-state index contributed by atoms with van der Waals surface area (Å²) in [6, 6.07) is 5.00. The molecule has 0 aliphatic carbocycles. The minimum atomic E-state index is -4.14. The fourth-order valence-electron chi connectivity index (χ4n) is 3.42. The summed E-state index contributed by atoms with van der Waals surface area (Å²) in [5.41, 5.74) is -0.627. The number of carbonyl (C=O) groups is 2. The van der Waals surface area contributed by atoms with Gasteiger partial charge in [0.1, 0.15) is 17.2 Å². The largest absolute Gasteiger partial charge is 0.506 e. The van der Waals surface area contributed by atoms with Crippen LogP contribution in [0.5, 0.6) is 0 Å². The number of aromatic nitrogens is 1. The van der Waals surface area contributed by atoms with Crippen LogP contribution in [0.3, 0.4) is 0 Å². The van der Waals surface area contributed by atoms with Gasteiger partial charge in [-0.05, 0) is 24.3 Å². The number of benzene rings is 1. The fourth-order valence-corrected chi connectivity index (χ4v) is 5.86. The molecule has 204 valence electrons. The molecule has 0 saturated carbocycles. The zero-order chi connectivity index (χ0) is 27.8. The van der Waals surface area contributed by atoms with Gasteiger partial charge in [-0.25, -0.2) is 23.0 Å². The zero-order valence-electron chi connectivity index (χ0n) is 19.0. The first kappa shape index (κ1) is 27.3. The Hall–Kier alpha value is -3.74. The number of rotatable bonds is 10. The van der Waals surface area contributed by atoms with Gasteiger partial charge in [0, 0.05) is 5.69 Å². The van der Waals surface area contributed by atoms with Gasteiger partial charge in [0.2, 0.25) is 14.2 Å². The van der Waals surface area contributed by atoms with Gasteiger partial charge in [0.05, 0.1) is 24.3 Å². The lowest BCUT2D eigenvalue weighted by molar-refractivity contribution is -0.146. The second kappa shape index (κ2) is 10.6. The molecular weight excluding hydrogens is 550 g/mol. The van der Waals surface area contributed by atoms with Crippen molar-refractivity contribution in [3.8, 4) is 0 Å². The van der Waals surface area contributed by atoms with Gasteiger partial charge in [0.15, 0.2) is 35.1 Å². The summed E-state index contributed by atoms with van der Waals surface area (Å²) >= 11 is 0.640. The van der Waals surface area contributed by atoms with Crippen LogP contribution in [0.2, 0.25) is 0 Å². The predicted molar refractivity (Wildman–Crippen MR) is 127 cm³/mol. The second-order valence-electron chi connectivity index (χ2n) is 7.94. The van der Waals surface area contributed by atoms with Gasteiger partial charge in [-0.15, -0.1) is 0 Å². The van der Waals surface area contributed by atoms with E-state index >= 15 is 0 Å². The van der Waals surface area contributed by atoms with Gasteiger partial charge in [0.25, 0.3) is 0 Å². The number of cyclic esters (lactones) is 2. The third kappa shape index (κ3) is 5.02. The summed E-state index contributed by atoms with van der Waals surface area (Å²) in [4.78, 5) is 27.7. The Labute approximate surface area is 217 Å². The Morgan fingerprint density at radius 1 is 0.895 bits per heavy atom. The average molecular weight is 572 g/mol. The zero-order valence-corrected chi connectivity index (χ0v) is 20.6. The minimum Gasteiger partial charge on any atom is -0.506 e. The monoisotopic (exact) mass is 571 g/mol. The molecule has 0 radical (unpaired) electrons. The van der Waals surface area contributed by atoms with Crippen LogP contribution in [0.4, 0.5) is 10.7 Å². The number of aliphatic hydroxyl groups is 6. The summed E-state index contributed by atoms with van der Waals surface area (Å²) in [7, 11) is -4.14. The molecule has 1 aromatic carbocycles. The van der Waals surface area contributed by atoms with Crippen molar-refractivity contribution in [2.24, 2.45) is 0 Å². The molecule has 2 aliphatic rings. The van der Waals surface area contributed by atoms with Crippen molar-refractivity contribution in [2.75, 3.05) is 23.8 Å². The second-order valence-corrected chi connectivity index (χ2v) is 11.1. The van der Waals surface area contributed by atoms with Crippen LogP contribution in [0.25, 0.3) is 0 Å². The van der Waals surface area contributed by atoms with Gasteiger partial charge in [-0.2, -0.15) is 0 Å². The lowest BCUT2D eigenvalue weighted by Crippen LogP contribution is -2.31. The van der Waals surface area contributed by atoms with Crippen LogP contribution in [0, 0.1) is 0 Å². The molecule has 0 saturated heterocycles. The van der Waals surface area contributed by atoms with Crippen LogP contribution in [-0.4, -0.2) is 93.6 Å². The topological polar surface area (TPSA) is 245 Å². The van der Waals surface area contributed by atoms with Crippen LogP contribution in [0.1, 0.15) is 0 Å². The molecule has 38 heavy (non-hydrogen) atoms. The maximum atomic E-state index is 13.0. The van der Waals surface area contributed by atoms with E-state index in [0.717, 1.165) is 6.20 Å². The van der Waals surface area contributed by atoms with Crippen molar-refractivity contribution in [2.45, 2.75) is 33.7 Å². The molecule has 4 rings (SSSR count). The van der Waals surface area contributed by atoms with Gasteiger partial charge < -0.3 is 50.7 Å². The SMILES string of the molecule is O=C1O[C@@H]([C@H](O)CO)C(O)=C1Nc1cnc(S(=O)(=O)c2ccc(NC3=C(O)[C@@H]([C@@H](O)CO)OC3=O)cc2)s1. The van der Waals surface area contributed by atoms with Crippen LogP contribution >= 0.6 is 11.3 Å². The smallest absolute Gasteiger partial charge is 0.359 e. The third-order valence-electron chi connectivity index (χ3n) is 5.40. The number of nitrogens with one attached hydrogen (secondary N) is 2. The maximum absolute atomic E-state index is 13.0. The van der Waals surface area contributed by atoms with E-state index in [-0.39, 0.29) is 25.6 Å². The molecule has 15 nitrogen and oxygen atoms in total. The van der Waals surface area contributed by atoms with E-state index in [1.165, 1.54) is 24.3 Å². The fraction of sp³-hybridized carbons (Fsp3) is 0.286. The number of sulfone groups is 1. The number of aliphatic hydroxyl groups excluding tert-OH is 6. The van der Waals surface area contributed by atoms with E-state index in [2.05, 4.69) is 15.6 Å². The van der Waals surface area contributed by atoms with E-state index < -0.39 is 76.6 Å². The van der Waals surface area contributed by atoms with Gasteiger partial charge in [-0.1, -0.05) is 11.3 Å². The summed E-state index contributed by atoms with van der Waals surface area (Å²) in [5, 5.41) is 62.7. The number of hydrogen-bond donors (Lipinski definition) is 8. The summed E-state index contributed by atoms with van der Waals surface area (Å²) in [6.45, 7) is -1.53. The Morgan fingerprint density at radius 2 is 1.39 bits per heavy atom. The maximum Gasteiger partial charge on any atom is 0.359 e. The number of anilines is 2. The van der Waals surface area contributed by atoms with Crippen molar-refractivity contribution in [1.29, 1.82) is 0 Å². The van der Waals surface area contributed by atoms with Crippen molar-refractivity contribution < 1.29 is 58.1 Å². The number of carbonyl (C=O) groups excluding carboxylic acids is 2. The van der Waals surface area contributed by atoms with Crippen molar-refractivity contribution in [3.63, 3.8) is 0 Å². The highest BCUT2D eigenvalue weighted by atomic mass is 32.2. The summed E-state index contributed by atoms with van der Waals surface area (Å²) in [5.74, 6) is -3.29. The first-order valence-electron chi connectivity index (χ1n) is 10.7. The number of thiazole rings is 1. The van der Waals surface area contributed by atoms with Crippen molar-refractivity contribution in [1.82, 2.24) is 4.98 Å². The molecule has 0 amide bonds. The Kier molecular flexibility index (Phi) is 7.58. The molecule has 17 heteroatoms. The highest BCUT2D eigenvalue weighted by Crippen LogP contribution is 2.32. The predicted octanol–water partition coefficient (Wildman–Crippen LogP) is -1.10. The third-order valence-corrected chi connectivity index (χ3v) is 8.47. The molecule has 2 aromatic rings. The molecule has 3 heterocycles. The molecule has 0 unspecified atom stereocenters. The number of ether oxygens (including phenoxy) is 2. The standard InChI is InChI=1S/C21H21N3O12S2/c25-6-10(27)17-15(29)13(19(31)35-17)23-8-1-3-9(4-2-8)38(33,34)21-22-5-12(37-21)24-14-16(30)18(11(28)7-26)36-20(14)32/h1-5,10-11,17-18,23-30H,6-7H2/t10-,11+,17+,18-/m0/s1. The molecule has 2 aliphatic heterocycles. The lowest BCUT2D eigenvalue weighted by Gasteiger charge is -2.14. The summed E-state index contributed by atoms with van der Waals surface area (Å²) in [6.07, 6.45) is -4.91. The normalized spacial score (nSPS) is 21.4. The molecule has 1 aromatic heterocycles. The van der Waals surface area contributed by atoms with Gasteiger partial charge in [-0.3, -0.25) is 0 Å². The molecular formula is C21H21N3O12S2. The van der Waals surface area contributed by atoms with Gasteiger partial charge >= 0.3 is 11.9 Å². The first-order valence-corrected chi connectivity index (χ1v) is 13.0. The quantitative estimate of drug-likeness (QED) is 0.158. The number of hydrogen-bond acceptors (Lipinski definition) is 16. The lowest BCUT2D eigenvalue weighted by atomic mass is 10.1. The molecule has 0 bridgehead atoms. The van der Waals surface area contributed by atoms with Crippen LogP contribution in [-0.2, 0) is 28.9 Å². The number of esters is 2. The molecule has 8 N–H and O–H groups in total. The minimum absolute atomic E-state index is 0.0567. The van der Waals surface area contributed by atoms with E-state index in [4.69, 9.17) is 19.7 Å². The highest BCUT2D eigenvalue weighted by molar-refractivity contribution is 7.93. The summed E-state index contributed by atoms with van der Waals surface area (Å²) < 4.78 is 35.3. The Morgan fingerprint density at radius 3 is 1.89 bits per heavy atom. The van der Waals surface area contributed by atoms with Crippen LogP contribution in [0.15, 0.2) is 62.6 Å². The van der Waals surface area contributed by atoms with Crippen molar-refractivity contribution >= 4 is 43.8 Å². The average Bonchev–Trinajstić information content (AvgIpc) is 3.57. The Bertz CT molecular complexity index is 1420. The van der Waals surface area contributed by atoms with Crippen molar-refractivity contribution in [3.05, 3.63) is 53.4 Å². The Balaban J connectivity index is 1.49. The highest BCUT2D eigenvalue weighted by Gasteiger charge is 2.40. The van der Waals surface area contributed by atoms with E-state index in [1.807, 2.05) is 0 Å². The first-order chi connectivity index (χ1) is 18.0. The molecule has 0 spiro atoms. The van der Waals surface area contributed by atoms with Crippen LogP contribution < -0.4 is 10.6 Å². The van der Waals surface area contributed by atoms with E-state index in [0.29, 0.717) is 11.3 Å².